The van der Waals surface area contributed by atoms with E-state index in [2.05, 4.69) is 51.4 Å². The lowest BCUT2D eigenvalue weighted by Crippen LogP contribution is -2.46. The molecule has 0 bridgehead atoms. The Bertz CT molecular complexity index is 1150. The first-order valence-electron chi connectivity index (χ1n) is 12.8. The number of ether oxygens (including phenoxy) is 1. The fraction of sp³-hybridized carbons (Fsp3) is 0.429. The molecule has 196 valence electrons. The minimum absolute atomic E-state index is 0.154. The van der Waals surface area contributed by atoms with Crippen LogP contribution >= 0.6 is 0 Å². The first kappa shape index (κ1) is 25.2. The second-order valence-electron chi connectivity index (χ2n) is 9.83. The molecule has 1 aromatic carbocycles. The Balaban J connectivity index is 1.10. The van der Waals surface area contributed by atoms with Crippen LogP contribution in [0.25, 0.3) is 0 Å². The van der Waals surface area contributed by atoms with Gasteiger partial charge in [0.25, 0.3) is 0 Å². The van der Waals surface area contributed by atoms with Crippen LogP contribution in [-0.2, 0) is 6.18 Å². The lowest BCUT2D eigenvalue weighted by atomic mass is 9.92. The molecule has 2 fully saturated rings. The maximum absolute atomic E-state index is 12.8. The maximum Gasteiger partial charge on any atom is 0.417 e. The number of hydrogen-bond acceptors (Lipinski definition) is 6. The summed E-state index contributed by atoms with van der Waals surface area (Å²) in [7, 11) is 0. The van der Waals surface area contributed by atoms with Gasteiger partial charge < -0.3 is 19.9 Å². The van der Waals surface area contributed by atoms with Gasteiger partial charge in [0.1, 0.15) is 11.9 Å². The van der Waals surface area contributed by atoms with Crippen LogP contribution in [0.5, 0.6) is 5.88 Å². The molecule has 5 rings (SSSR count). The Morgan fingerprint density at radius 2 is 1.57 bits per heavy atom. The van der Waals surface area contributed by atoms with E-state index in [9.17, 15) is 13.2 Å². The summed E-state index contributed by atoms with van der Waals surface area (Å²) in [4.78, 5) is 12.7. The molecule has 37 heavy (non-hydrogen) atoms. The van der Waals surface area contributed by atoms with Crippen molar-refractivity contribution in [2.75, 3.05) is 41.3 Å². The molecule has 2 aliphatic rings. The maximum atomic E-state index is 12.8. The molecule has 6 nitrogen and oxygen atoms in total. The van der Waals surface area contributed by atoms with Gasteiger partial charge in [0.2, 0.25) is 5.88 Å². The van der Waals surface area contributed by atoms with Crippen LogP contribution in [0.15, 0.2) is 60.9 Å². The predicted molar refractivity (Wildman–Crippen MR) is 139 cm³/mol. The molecule has 3 aromatic rings. The molecule has 1 saturated carbocycles. The number of hydrogen-bond donors (Lipinski definition) is 1. The van der Waals surface area contributed by atoms with Gasteiger partial charge in [-0.25, -0.2) is 9.97 Å². The number of piperazine rings is 1. The van der Waals surface area contributed by atoms with Crippen LogP contribution in [0.1, 0.15) is 36.8 Å². The van der Waals surface area contributed by atoms with Crippen molar-refractivity contribution < 1.29 is 17.9 Å². The number of aromatic nitrogens is 2. The molecule has 3 heterocycles. The van der Waals surface area contributed by atoms with Crippen molar-refractivity contribution in [1.82, 2.24) is 9.97 Å². The molecule has 2 aromatic heterocycles. The molecule has 0 radical (unpaired) electrons. The van der Waals surface area contributed by atoms with Gasteiger partial charge in [0.15, 0.2) is 0 Å². The summed E-state index contributed by atoms with van der Waals surface area (Å²) in [5, 5.41) is 3.63. The first-order valence-corrected chi connectivity index (χ1v) is 12.8. The third-order valence-corrected chi connectivity index (χ3v) is 7.15. The highest BCUT2D eigenvalue weighted by atomic mass is 19.4. The fourth-order valence-electron chi connectivity index (χ4n) is 4.98. The Morgan fingerprint density at radius 1 is 0.865 bits per heavy atom. The van der Waals surface area contributed by atoms with Gasteiger partial charge in [-0.1, -0.05) is 17.7 Å². The van der Waals surface area contributed by atoms with Crippen LogP contribution < -0.4 is 19.9 Å². The average Bonchev–Trinajstić information content (AvgIpc) is 2.91. The topological polar surface area (TPSA) is 53.5 Å². The van der Waals surface area contributed by atoms with Gasteiger partial charge in [0, 0.05) is 62.1 Å². The van der Waals surface area contributed by atoms with Crippen LogP contribution in [0.4, 0.5) is 30.4 Å². The molecule has 0 unspecified atom stereocenters. The summed E-state index contributed by atoms with van der Waals surface area (Å²) < 4.78 is 44.7. The van der Waals surface area contributed by atoms with Gasteiger partial charge in [-0.2, -0.15) is 13.2 Å². The second kappa shape index (κ2) is 10.9. The van der Waals surface area contributed by atoms with E-state index in [4.69, 9.17) is 4.74 Å². The van der Waals surface area contributed by atoms with Crippen molar-refractivity contribution in [2.24, 2.45) is 0 Å². The Morgan fingerprint density at radius 3 is 2.22 bits per heavy atom. The van der Waals surface area contributed by atoms with Crippen LogP contribution in [0, 0.1) is 6.92 Å². The van der Waals surface area contributed by atoms with E-state index in [1.165, 1.54) is 17.3 Å². The Kier molecular flexibility index (Phi) is 7.39. The molecule has 1 aliphatic carbocycles. The molecule has 1 N–H and O–H groups in total. The summed E-state index contributed by atoms with van der Waals surface area (Å²) >= 11 is 0. The number of pyridine rings is 2. The third kappa shape index (κ3) is 6.45. The van der Waals surface area contributed by atoms with Gasteiger partial charge in [-0.05, 0) is 62.9 Å². The highest BCUT2D eigenvalue weighted by Crippen LogP contribution is 2.30. The van der Waals surface area contributed by atoms with E-state index in [0.717, 1.165) is 56.7 Å². The summed E-state index contributed by atoms with van der Waals surface area (Å²) in [5.41, 5.74) is 2.74. The minimum atomic E-state index is -4.37. The Labute approximate surface area is 215 Å². The molecule has 1 saturated heterocycles. The number of aryl methyl sites for hydroxylation is 1. The number of nitrogens with zero attached hydrogens (tertiary/aromatic N) is 4. The summed E-state index contributed by atoms with van der Waals surface area (Å²) in [6, 6.07) is 15.5. The van der Waals surface area contributed by atoms with E-state index < -0.39 is 11.7 Å². The monoisotopic (exact) mass is 511 g/mol. The number of rotatable bonds is 6. The zero-order valence-electron chi connectivity index (χ0n) is 20.9. The zero-order chi connectivity index (χ0) is 25.8. The summed E-state index contributed by atoms with van der Waals surface area (Å²) in [6.07, 6.45) is 2.53. The van der Waals surface area contributed by atoms with Crippen molar-refractivity contribution in [3.05, 3.63) is 72.1 Å². The van der Waals surface area contributed by atoms with Crippen molar-refractivity contribution >= 4 is 17.2 Å². The largest absolute Gasteiger partial charge is 0.474 e. The number of alkyl halides is 3. The van der Waals surface area contributed by atoms with E-state index in [1.54, 1.807) is 6.20 Å². The van der Waals surface area contributed by atoms with E-state index in [-0.39, 0.29) is 6.10 Å². The summed E-state index contributed by atoms with van der Waals surface area (Å²) in [6.45, 7) is 4.92. The van der Waals surface area contributed by atoms with Crippen LogP contribution in [0.2, 0.25) is 0 Å². The smallest absolute Gasteiger partial charge is 0.417 e. The minimum Gasteiger partial charge on any atom is -0.474 e. The average molecular weight is 512 g/mol. The lowest BCUT2D eigenvalue weighted by molar-refractivity contribution is -0.137. The summed E-state index contributed by atoms with van der Waals surface area (Å²) in [5.74, 6) is 1.21. The molecule has 0 spiro atoms. The van der Waals surface area contributed by atoms with Crippen LogP contribution in [0.3, 0.4) is 0 Å². The number of anilines is 3. The number of halogens is 3. The zero-order valence-corrected chi connectivity index (χ0v) is 20.9. The van der Waals surface area contributed by atoms with Crippen molar-refractivity contribution in [1.29, 1.82) is 0 Å². The molecule has 9 heteroatoms. The molecular formula is C28H32F3N5O. The third-order valence-electron chi connectivity index (χ3n) is 7.15. The number of nitrogens with one attached hydrogen (secondary N) is 1. The normalized spacial score (nSPS) is 20.5. The fourth-order valence-corrected chi connectivity index (χ4v) is 4.98. The SMILES string of the molecule is Cc1ccc(N[C@H]2CC[C@H](Oc3cc(N4CCN(c5ccc(C(F)(F)F)cn5)CC4)ccn3)CC2)cc1. The molecule has 0 atom stereocenters. The van der Waals surface area contributed by atoms with Crippen molar-refractivity contribution in [3.8, 4) is 5.88 Å². The second-order valence-corrected chi connectivity index (χ2v) is 9.83. The van der Waals surface area contributed by atoms with E-state index in [1.807, 2.05) is 17.0 Å². The highest BCUT2D eigenvalue weighted by Gasteiger charge is 2.31. The molecule has 1 aliphatic heterocycles. The number of benzene rings is 1. The van der Waals surface area contributed by atoms with Gasteiger partial charge in [0.05, 0.1) is 5.56 Å². The van der Waals surface area contributed by atoms with Gasteiger partial charge in [-0.3, -0.25) is 0 Å². The van der Waals surface area contributed by atoms with Crippen molar-refractivity contribution in [2.45, 2.75) is 50.9 Å². The van der Waals surface area contributed by atoms with E-state index >= 15 is 0 Å². The molecule has 0 amide bonds. The predicted octanol–water partition coefficient (Wildman–Crippen LogP) is 5.93. The quantitative estimate of drug-likeness (QED) is 0.443. The van der Waals surface area contributed by atoms with E-state index in [0.29, 0.717) is 30.8 Å². The first-order chi connectivity index (χ1) is 17.8. The standard InChI is InChI=1S/C28H32F3N5O/c1-20-2-5-22(6-3-20)34-23-7-9-25(10-8-23)37-27-18-24(12-13-32-27)35-14-16-36(17-15-35)26-11-4-21(19-33-26)28(29,30)31/h2-6,11-13,18-19,23,25,34H,7-10,14-17H2,1H3/t23-,25-. The highest BCUT2D eigenvalue weighted by molar-refractivity contribution is 5.51. The Hall–Kier alpha value is -3.49. The molecular weight excluding hydrogens is 479 g/mol. The van der Waals surface area contributed by atoms with Crippen molar-refractivity contribution in [3.63, 3.8) is 0 Å². The lowest BCUT2D eigenvalue weighted by Gasteiger charge is -2.37. The van der Waals surface area contributed by atoms with Crippen LogP contribution in [-0.4, -0.2) is 48.3 Å². The van der Waals surface area contributed by atoms with Gasteiger partial charge in [-0.15, -0.1) is 0 Å². The van der Waals surface area contributed by atoms with Gasteiger partial charge >= 0.3 is 6.18 Å².